The second-order valence-corrected chi connectivity index (χ2v) is 8.09. The second-order valence-electron chi connectivity index (χ2n) is 8.09. The smallest absolute Gasteiger partial charge is 0.271 e. The lowest BCUT2D eigenvalue weighted by molar-refractivity contribution is -0.384. The van der Waals surface area contributed by atoms with Crippen molar-refractivity contribution in [2.24, 2.45) is 0 Å². The minimum atomic E-state index is -0.712. The number of nitrogens with one attached hydrogen (secondary N) is 1. The van der Waals surface area contributed by atoms with Gasteiger partial charge in [-0.3, -0.25) is 19.5 Å². The molecule has 5 rings (SSSR count). The topological polar surface area (TPSA) is 112 Å². The zero-order valence-electron chi connectivity index (χ0n) is 18.5. The quantitative estimate of drug-likeness (QED) is 0.261. The van der Waals surface area contributed by atoms with Gasteiger partial charge in [0.25, 0.3) is 11.2 Å². The van der Waals surface area contributed by atoms with Crippen molar-refractivity contribution in [2.45, 2.75) is 18.9 Å². The molecule has 1 fully saturated rings. The third-order valence-electron chi connectivity index (χ3n) is 6.00. The van der Waals surface area contributed by atoms with E-state index in [1.807, 2.05) is 0 Å². The predicted molar refractivity (Wildman–Crippen MR) is 124 cm³/mol. The van der Waals surface area contributed by atoms with Crippen molar-refractivity contribution < 1.29 is 18.4 Å². The monoisotopic (exact) mass is 479 g/mol. The van der Waals surface area contributed by atoms with Gasteiger partial charge in [-0.15, -0.1) is 0 Å². The number of pyridine rings is 1. The van der Waals surface area contributed by atoms with Gasteiger partial charge < -0.3 is 10.1 Å². The Balaban J connectivity index is 1.86. The van der Waals surface area contributed by atoms with E-state index in [4.69, 9.17) is 9.72 Å². The molecule has 2 aromatic carbocycles. The number of nitro benzene ring substituents is 1. The number of ether oxygens (including phenoxy) is 1. The van der Waals surface area contributed by atoms with E-state index >= 15 is 0 Å². The lowest BCUT2D eigenvalue weighted by Crippen LogP contribution is -2.29. The summed E-state index contributed by atoms with van der Waals surface area (Å²) in [6, 6.07) is 8.76. The molecule has 1 N–H and O–H groups in total. The van der Waals surface area contributed by atoms with Gasteiger partial charge in [0, 0.05) is 35.5 Å². The Morgan fingerprint density at radius 1 is 1.20 bits per heavy atom. The fourth-order valence-corrected chi connectivity index (χ4v) is 4.33. The molecule has 1 aliphatic rings. The molecule has 4 aromatic rings. The van der Waals surface area contributed by atoms with Gasteiger partial charge in [-0.05, 0) is 43.7 Å². The minimum absolute atomic E-state index is 0.0119. The van der Waals surface area contributed by atoms with E-state index in [1.54, 1.807) is 0 Å². The van der Waals surface area contributed by atoms with Crippen LogP contribution >= 0.6 is 0 Å². The molecule has 0 bridgehead atoms. The van der Waals surface area contributed by atoms with Crippen LogP contribution in [-0.4, -0.2) is 33.1 Å². The fraction of sp³-hybridized carbons (Fsp3) is 0.208. The highest BCUT2D eigenvalue weighted by Gasteiger charge is 2.27. The SMILES string of the molecule is COc1ccc(-n2c(C3CCCN3)nc3c(-c4ccc(F)nc4)cc([N+](=O)[O-])cc3c2=O)cc1F. The second kappa shape index (κ2) is 8.84. The third kappa shape index (κ3) is 3.99. The van der Waals surface area contributed by atoms with E-state index in [9.17, 15) is 23.7 Å². The van der Waals surface area contributed by atoms with Crippen molar-refractivity contribution in [1.82, 2.24) is 19.9 Å². The Hall–Kier alpha value is -4.25. The summed E-state index contributed by atoms with van der Waals surface area (Å²) in [5.41, 5.74) is 0.126. The number of hydrogen-bond acceptors (Lipinski definition) is 7. The molecule has 0 aliphatic carbocycles. The van der Waals surface area contributed by atoms with Crippen molar-refractivity contribution in [1.29, 1.82) is 0 Å². The van der Waals surface area contributed by atoms with Gasteiger partial charge >= 0.3 is 0 Å². The molecular formula is C24H19F2N5O4. The summed E-state index contributed by atoms with van der Waals surface area (Å²) in [6.07, 6.45) is 2.77. The first kappa shape index (κ1) is 22.5. The van der Waals surface area contributed by atoms with E-state index in [2.05, 4.69) is 10.3 Å². The van der Waals surface area contributed by atoms with Gasteiger partial charge in [0.15, 0.2) is 11.6 Å². The zero-order valence-corrected chi connectivity index (χ0v) is 18.5. The van der Waals surface area contributed by atoms with E-state index in [-0.39, 0.29) is 39.6 Å². The van der Waals surface area contributed by atoms with Crippen LogP contribution in [0, 0.1) is 21.9 Å². The Morgan fingerprint density at radius 2 is 2.03 bits per heavy atom. The Labute approximate surface area is 197 Å². The molecule has 1 saturated heterocycles. The Kier molecular flexibility index (Phi) is 5.69. The number of nitro groups is 1. The molecule has 2 aromatic heterocycles. The zero-order chi connectivity index (χ0) is 24.7. The number of methoxy groups -OCH3 is 1. The summed E-state index contributed by atoms with van der Waals surface area (Å²) in [7, 11) is 1.33. The van der Waals surface area contributed by atoms with Crippen molar-refractivity contribution >= 4 is 16.6 Å². The van der Waals surface area contributed by atoms with Crippen molar-refractivity contribution in [3.8, 4) is 22.6 Å². The highest BCUT2D eigenvalue weighted by Crippen LogP contribution is 2.33. The first-order valence-electron chi connectivity index (χ1n) is 10.8. The van der Waals surface area contributed by atoms with Crippen LogP contribution in [0.2, 0.25) is 0 Å². The number of aromatic nitrogens is 3. The maximum absolute atomic E-state index is 14.6. The first-order valence-corrected chi connectivity index (χ1v) is 10.8. The number of rotatable bonds is 5. The minimum Gasteiger partial charge on any atom is -0.494 e. The summed E-state index contributed by atoms with van der Waals surface area (Å²) in [5.74, 6) is -1.02. The summed E-state index contributed by atoms with van der Waals surface area (Å²) in [5, 5.41) is 14.9. The van der Waals surface area contributed by atoms with Crippen LogP contribution in [0.5, 0.6) is 5.75 Å². The number of fused-ring (bicyclic) bond motifs is 1. The van der Waals surface area contributed by atoms with E-state index in [1.165, 1.54) is 42.1 Å². The molecule has 1 aliphatic heterocycles. The number of nitrogens with zero attached hydrogens (tertiary/aromatic N) is 4. The van der Waals surface area contributed by atoms with Gasteiger partial charge in [0.1, 0.15) is 5.82 Å². The summed E-state index contributed by atoms with van der Waals surface area (Å²) < 4.78 is 34.3. The lowest BCUT2D eigenvalue weighted by Gasteiger charge is -2.19. The van der Waals surface area contributed by atoms with Gasteiger partial charge in [-0.2, -0.15) is 4.39 Å². The molecule has 11 heteroatoms. The molecule has 9 nitrogen and oxygen atoms in total. The Morgan fingerprint density at radius 3 is 2.66 bits per heavy atom. The Bertz CT molecular complexity index is 1520. The number of benzene rings is 2. The number of hydrogen-bond donors (Lipinski definition) is 1. The largest absolute Gasteiger partial charge is 0.494 e. The van der Waals surface area contributed by atoms with E-state index < -0.39 is 22.2 Å². The van der Waals surface area contributed by atoms with Crippen LogP contribution < -0.4 is 15.6 Å². The average molecular weight is 479 g/mol. The standard InChI is InChI=1S/C24H19F2N5O4/c1-35-20-6-5-14(11-18(20)25)30-23(19-3-2-8-27-19)29-22-16(13-4-7-21(26)28-12-13)9-15(31(33)34)10-17(22)24(30)32/h4-7,9-12,19,27H,2-3,8H2,1H3. The van der Waals surface area contributed by atoms with Crippen LogP contribution in [0.1, 0.15) is 24.7 Å². The molecule has 3 heterocycles. The van der Waals surface area contributed by atoms with Gasteiger partial charge in [-0.1, -0.05) is 0 Å². The van der Waals surface area contributed by atoms with Crippen molar-refractivity contribution in [3.63, 3.8) is 0 Å². The van der Waals surface area contributed by atoms with Crippen LogP contribution in [-0.2, 0) is 0 Å². The maximum Gasteiger partial charge on any atom is 0.271 e. The molecule has 1 atom stereocenters. The molecule has 178 valence electrons. The van der Waals surface area contributed by atoms with Crippen LogP contribution in [0.15, 0.2) is 53.5 Å². The fourth-order valence-electron chi connectivity index (χ4n) is 4.33. The normalized spacial score (nSPS) is 15.5. The predicted octanol–water partition coefficient (Wildman–Crippen LogP) is 4.07. The first-order chi connectivity index (χ1) is 16.9. The third-order valence-corrected chi connectivity index (χ3v) is 6.00. The van der Waals surface area contributed by atoms with E-state index in [0.717, 1.165) is 24.6 Å². The van der Waals surface area contributed by atoms with Crippen LogP contribution in [0.25, 0.3) is 27.7 Å². The van der Waals surface area contributed by atoms with Crippen LogP contribution in [0.3, 0.4) is 0 Å². The summed E-state index contributed by atoms with van der Waals surface area (Å²) in [4.78, 5) is 33.3. The molecule has 0 spiro atoms. The number of non-ortho nitro benzene ring substituents is 1. The lowest BCUT2D eigenvalue weighted by atomic mass is 10.0. The molecular weight excluding hydrogens is 460 g/mol. The molecule has 1 unspecified atom stereocenters. The molecule has 0 radical (unpaired) electrons. The summed E-state index contributed by atoms with van der Waals surface area (Å²) >= 11 is 0. The van der Waals surface area contributed by atoms with Crippen molar-refractivity contribution in [3.05, 3.63) is 86.7 Å². The van der Waals surface area contributed by atoms with Crippen molar-refractivity contribution in [2.75, 3.05) is 13.7 Å². The highest BCUT2D eigenvalue weighted by molar-refractivity contribution is 5.95. The maximum atomic E-state index is 14.6. The number of halogens is 2. The van der Waals surface area contributed by atoms with Gasteiger partial charge in [0.05, 0.1) is 34.7 Å². The summed E-state index contributed by atoms with van der Waals surface area (Å²) in [6.45, 7) is 0.713. The molecule has 0 amide bonds. The average Bonchev–Trinajstić information content (AvgIpc) is 3.39. The molecule has 0 saturated carbocycles. The van der Waals surface area contributed by atoms with Gasteiger partial charge in [-0.25, -0.2) is 14.4 Å². The van der Waals surface area contributed by atoms with Crippen LogP contribution in [0.4, 0.5) is 14.5 Å². The van der Waals surface area contributed by atoms with Gasteiger partial charge in [0.2, 0.25) is 5.95 Å². The highest BCUT2D eigenvalue weighted by atomic mass is 19.1. The molecule has 35 heavy (non-hydrogen) atoms. The van der Waals surface area contributed by atoms with E-state index in [0.29, 0.717) is 24.4 Å².